The largest absolute Gasteiger partial charge is 0.416 e. The molecule has 22 heavy (non-hydrogen) atoms. The van der Waals surface area contributed by atoms with E-state index >= 15 is 0 Å². The molecule has 0 aliphatic carbocycles. The van der Waals surface area contributed by atoms with Crippen molar-refractivity contribution >= 4 is 28.8 Å². The zero-order valence-corrected chi connectivity index (χ0v) is 13.1. The second-order valence-electron chi connectivity index (χ2n) is 5.12. The van der Waals surface area contributed by atoms with Crippen molar-refractivity contribution in [1.82, 2.24) is 9.71 Å². The number of carbonyl (C=O) groups excluding carboxylic acids is 1. The molecular weight excluding hydrogens is 313 g/mol. The van der Waals surface area contributed by atoms with Gasteiger partial charge >= 0.3 is 6.18 Å². The van der Waals surface area contributed by atoms with E-state index in [2.05, 4.69) is 9.71 Å². The number of nitrogens with one attached hydrogen (secondary N) is 1. The topological polar surface area (TPSA) is 42.0 Å². The zero-order valence-electron chi connectivity index (χ0n) is 12.3. The Morgan fingerprint density at radius 1 is 1.32 bits per heavy atom. The molecule has 1 N–H and O–H groups in total. The summed E-state index contributed by atoms with van der Waals surface area (Å²) in [6.07, 6.45) is -3.10. The number of fused-ring (bicyclic) bond motifs is 1. The van der Waals surface area contributed by atoms with Crippen LogP contribution >= 0.6 is 11.9 Å². The maximum atomic E-state index is 12.7. The summed E-state index contributed by atoms with van der Waals surface area (Å²) in [7, 11) is 0. The fourth-order valence-electron chi connectivity index (χ4n) is 1.96. The zero-order chi connectivity index (χ0) is 16.5. The minimum Gasteiger partial charge on any atom is -0.296 e. The Labute approximate surface area is 130 Å². The van der Waals surface area contributed by atoms with Gasteiger partial charge in [0.25, 0.3) is 5.91 Å². The number of aromatic nitrogens is 1. The highest BCUT2D eigenvalue weighted by Gasteiger charge is 2.30. The lowest BCUT2D eigenvalue weighted by atomic mass is 10.0. The Bertz CT molecular complexity index is 714. The van der Waals surface area contributed by atoms with E-state index in [0.29, 0.717) is 16.5 Å². The summed E-state index contributed by atoms with van der Waals surface area (Å²) in [6.45, 7) is 5.58. The Morgan fingerprint density at radius 2 is 2.00 bits per heavy atom. The number of hydrogen-bond acceptors (Lipinski definition) is 3. The van der Waals surface area contributed by atoms with Gasteiger partial charge in [0, 0.05) is 16.8 Å². The number of nitrogens with zero attached hydrogens (tertiary/aromatic N) is 1. The molecule has 1 amide bonds. The van der Waals surface area contributed by atoms with Gasteiger partial charge in [0.05, 0.1) is 16.6 Å². The van der Waals surface area contributed by atoms with Crippen LogP contribution in [0.2, 0.25) is 0 Å². The number of pyridine rings is 1. The maximum Gasteiger partial charge on any atom is 0.416 e. The van der Waals surface area contributed by atoms with Crippen LogP contribution in [-0.4, -0.2) is 16.1 Å². The van der Waals surface area contributed by atoms with E-state index in [-0.39, 0.29) is 16.7 Å². The highest BCUT2D eigenvalue weighted by Crippen LogP contribution is 2.32. The molecule has 0 aliphatic heterocycles. The summed E-state index contributed by atoms with van der Waals surface area (Å²) >= 11 is 1.28. The highest BCUT2D eigenvalue weighted by molar-refractivity contribution is 7.98. The predicted octanol–water partition coefficient (Wildman–Crippen LogP) is 4.35. The van der Waals surface area contributed by atoms with Gasteiger partial charge < -0.3 is 0 Å². The van der Waals surface area contributed by atoms with Gasteiger partial charge in [-0.15, -0.1) is 0 Å². The third kappa shape index (κ3) is 3.52. The van der Waals surface area contributed by atoms with Gasteiger partial charge in [0.15, 0.2) is 0 Å². The standard InChI is InChI=1S/C15H15F3N2OS/c1-8(2)22-20-14(21)12-7-19-13-6-10(15(16,17)18)4-5-11(13)9(12)3/h4-8H,1-3H3,(H,20,21). The van der Waals surface area contributed by atoms with E-state index in [1.807, 2.05) is 13.8 Å². The molecule has 0 bridgehead atoms. The second-order valence-corrected chi connectivity index (χ2v) is 6.51. The number of rotatable bonds is 3. The molecule has 1 aromatic heterocycles. The number of benzene rings is 1. The molecule has 0 saturated heterocycles. The summed E-state index contributed by atoms with van der Waals surface area (Å²) in [5, 5.41) is 0.766. The molecule has 1 aromatic carbocycles. The SMILES string of the molecule is Cc1c(C(=O)NSC(C)C)cnc2cc(C(F)(F)F)ccc12. The molecule has 2 aromatic rings. The monoisotopic (exact) mass is 328 g/mol. The Hall–Kier alpha value is -1.76. The molecule has 0 spiro atoms. The molecule has 0 aliphatic rings. The molecular formula is C15H15F3N2OS. The lowest BCUT2D eigenvalue weighted by Crippen LogP contribution is -2.19. The summed E-state index contributed by atoms with van der Waals surface area (Å²) in [4.78, 5) is 16.1. The average molecular weight is 328 g/mol. The number of hydrogen-bond donors (Lipinski definition) is 1. The van der Waals surface area contributed by atoms with Crippen molar-refractivity contribution in [3.8, 4) is 0 Å². The average Bonchev–Trinajstić information content (AvgIpc) is 2.43. The Kier molecular flexibility index (Phi) is 4.65. The van der Waals surface area contributed by atoms with Gasteiger partial charge in [-0.05, 0) is 36.6 Å². The highest BCUT2D eigenvalue weighted by atomic mass is 32.2. The normalized spacial score (nSPS) is 12.0. The first-order chi connectivity index (χ1) is 10.2. The van der Waals surface area contributed by atoms with Gasteiger partial charge in [0.2, 0.25) is 0 Å². The van der Waals surface area contributed by atoms with Gasteiger partial charge in [-0.1, -0.05) is 19.9 Å². The molecule has 2 rings (SSSR count). The number of amides is 1. The van der Waals surface area contributed by atoms with Crippen LogP contribution in [-0.2, 0) is 6.18 Å². The molecule has 1 heterocycles. The van der Waals surface area contributed by atoms with Crippen molar-refractivity contribution in [2.45, 2.75) is 32.2 Å². The first-order valence-electron chi connectivity index (χ1n) is 6.62. The van der Waals surface area contributed by atoms with E-state index < -0.39 is 11.7 Å². The molecule has 0 radical (unpaired) electrons. The summed E-state index contributed by atoms with van der Waals surface area (Å²) in [5.74, 6) is -0.300. The van der Waals surface area contributed by atoms with Crippen LogP contribution in [0, 0.1) is 6.92 Å². The van der Waals surface area contributed by atoms with Gasteiger partial charge in [-0.3, -0.25) is 14.5 Å². The van der Waals surface area contributed by atoms with E-state index in [9.17, 15) is 18.0 Å². The van der Waals surface area contributed by atoms with E-state index in [1.165, 1.54) is 24.2 Å². The van der Waals surface area contributed by atoms with Gasteiger partial charge in [-0.2, -0.15) is 13.2 Å². The van der Waals surface area contributed by atoms with E-state index in [1.54, 1.807) is 6.92 Å². The van der Waals surface area contributed by atoms with Crippen LogP contribution in [0.1, 0.15) is 35.3 Å². The summed E-state index contributed by atoms with van der Waals surface area (Å²) in [6, 6.07) is 3.35. The molecule has 0 fully saturated rings. The molecule has 3 nitrogen and oxygen atoms in total. The fourth-order valence-corrected chi connectivity index (χ4v) is 2.42. The van der Waals surface area contributed by atoms with Crippen LogP contribution in [0.15, 0.2) is 24.4 Å². The van der Waals surface area contributed by atoms with Crippen LogP contribution < -0.4 is 4.72 Å². The number of aryl methyl sites for hydroxylation is 1. The van der Waals surface area contributed by atoms with Crippen LogP contribution in [0.25, 0.3) is 10.9 Å². The van der Waals surface area contributed by atoms with Gasteiger partial charge in [-0.25, -0.2) is 0 Å². The number of alkyl halides is 3. The minimum absolute atomic E-state index is 0.223. The Morgan fingerprint density at radius 3 is 2.59 bits per heavy atom. The molecule has 118 valence electrons. The van der Waals surface area contributed by atoms with Crippen LogP contribution in [0.3, 0.4) is 0 Å². The van der Waals surface area contributed by atoms with Crippen molar-refractivity contribution in [2.75, 3.05) is 0 Å². The first-order valence-corrected chi connectivity index (χ1v) is 7.50. The Balaban J connectivity index is 2.40. The van der Waals surface area contributed by atoms with Crippen LogP contribution in [0.5, 0.6) is 0 Å². The minimum atomic E-state index is -4.41. The van der Waals surface area contributed by atoms with Crippen LogP contribution in [0.4, 0.5) is 13.2 Å². The smallest absolute Gasteiger partial charge is 0.296 e. The van der Waals surface area contributed by atoms with Gasteiger partial charge in [0.1, 0.15) is 0 Å². The lowest BCUT2D eigenvalue weighted by Gasteiger charge is -2.12. The quantitative estimate of drug-likeness (QED) is 0.852. The molecule has 0 saturated carbocycles. The van der Waals surface area contributed by atoms with Crippen molar-refractivity contribution in [3.05, 3.63) is 41.1 Å². The predicted molar refractivity (Wildman–Crippen MR) is 81.7 cm³/mol. The molecule has 0 unspecified atom stereocenters. The summed E-state index contributed by atoms with van der Waals surface area (Å²) < 4.78 is 40.8. The third-order valence-corrected chi connectivity index (χ3v) is 3.87. The van der Waals surface area contributed by atoms with Crippen molar-refractivity contribution in [2.24, 2.45) is 0 Å². The van der Waals surface area contributed by atoms with E-state index in [0.717, 1.165) is 12.1 Å². The fraction of sp³-hybridized carbons (Fsp3) is 0.333. The number of carbonyl (C=O) groups is 1. The number of halogens is 3. The molecule has 7 heteroatoms. The lowest BCUT2D eigenvalue weighted by molar-refractivity contribution is -0.137. The van der Waals surface area contributed by atoms with Crippen molar-refractivity contribution < 1.29 is 18.0 Å². The van der Waals surface area contributed by atoms with Crippen molar-refractivity contribution in [3.63, 3.8) is 0 Å². The van der Waals surface area contributed by atoms with Crippen molar-refractivity contribution in [1.29, 1.82) is 0 Å². The first kappa shape index (κ1) is 16.6. The third-order valence-electron chi connectivity index (χ3n) is 3.10. The summed E-state index contributed by atoms with van der Waals surface area (Å²) in [5.41, 5.74) is 0.445. The second kappa shape index (κ2) is 6.16. The molecule has 0 atom stereocenters. The van der Waals surface area contributed by atoms with E-state index in [4.69, 9.17) is 0 Å². The maximum absolute atomic E-state index is 12.7.